The van der Waals surface area contributed by atoms with E-state index in [4.69, 9.17) is 4.74 Å². The lowest BCUT2D eigenvalue weighted by Crippen LogP contribution is -2.53. The second-order valence-electron chi connectivity index (χ2n) is 14.0. The molecule has 0 aliphatic carbocycles. The van der Waals surface area contributed by atoms with Gasteiger partial charge in [-0.1, -0.05) is 123 Å². The Morgan fingerprint density at radius 3 is 2.16 bits per heavy atom. The Morgan fingerprint density at radius 2 is 1.45 bits per heavy atom. The average Bonchev–Trinajstić information content (AvgIpc) is 3.06. The van der Waals surface area contributed by atoms with Crippen LogP contribution < -0.4 is 10.6 Å². The lowest BCUT2D eigenvalue weighted by molar-refractivity contribution is -0.140. The highest BCUT2D eigenvalue weighted by Gasteiger charge is 2.37. The highest BCUT2D eigenvalue weighted by molar-refractivity contribution is 6.00. The molecule has 0 aliphatic rings. The van der Waals surface area contributed by atoms with E-state index in [1.165, 1.54) is 6.42 Å². The quantitative estimate of drug-likeness (QED) is 0.124. The highest BCUT2D eigenvalue weighted by atomic mass is 16.6. The minimum Gasteiger partial charge on any atom is -0.444 e. The number of benzene rings is 4. The molecule has 49 heavy (non-hydrogen) atoms. The molecule has 4 aromatic carbocycles. The molecule has 0 heterocycles. The predicted molar refractivity (Wildman–Crippen MR) is 200 cm³/mol. The second kappa shape index (κ2) is 17.7. The Kier molecular flexibility index (Phi) is 13.4. The zero-order valence-electron chi connectivity index (χ0n) is 30.1. The lowest BCUT2D eigenvalue weighted by atomic mass is 9.95. The van der Waals surface area contributed by atoms with E-state index in [9.17, 15) is 14.4 Å². The molecule has 260 valence electrons. The van der Waals surface area contributed by atoms with Crippen LogP contribution in [-0.2, 0) is 20.7 Å². The SMILES string of the molecule is CCCCCCCCN(C(=O)C(Cc1ccccc1)NC(=O)OC(C)(C)C)C(C(=O)Nc1ccc2ccccc2c1)c1cc(C)ccc1C. The third-order valence-corrected chi connectivity index (χ3v) is 8.61. The number of nitrogens with one attached hydrogen (secondary N) is 2. The van der Waals surface area contributed by atoms with Gasteiger partial charge in [-0.05, 0) is 80.6 Å². The van der Waals surface area contributed by atoms with E-state index in [0.29, 0.717) is 12.2 Å². The number of hydrogen-bond acceptors (Lipinski definition) is 4. The van der Waals surface area contributed by atoms with Crippen molar-refractivity contribution in [2.24, 2.45) is 0 Å². The number of unbranched alkanes of at least 4 members (excludes halogenated alkanes) is 5. The Hall–Kier alpha value is -4.65. The molecular formula is C42H53N3O4. The van der Waals surface area contributed by atoms with Crippen molar-refractivity contribution in [1.29, 1.82) is 0 Å². The first-order valence-corrected chi connectivity index (χ1v) is 17.7. The van der Waals surface area contributed by atoms with Gasteiger partial charge in [0.1, 0.15) is 17.7 Å². The number of rotatable bonds is 15. The third-order valence-electron chi connectivity index (χ3n) is 8.61. The smallest absolute Gasteiger partial charge is 0.408 e. The van der Waals surface area contributed by atoms with E-state index in [0.717, 1.165) is 65.1 Å². The van der Waals surface area contributed by atoms with Crippen LogP contribution in [0.1, 0.15) is 94.5 Å². The van der Waals surface area contributed by atoms with E-state index in [1.54, 1.807) is 25.7 Å². The molecule has 7 heteroatoms. The van der Waals surface area contributed by atoms with Crippen molar-refractivity contribution >= 4 is 34.4 Å². The summed E-state index contributed by atoms with van der Waals surface area (Å²) in [7, 11) is 0. The van der Waals surface area contributed by atoms with Crippen molar-refractivity contribution in [2.75, 3.05) is 11.9 Å². The molecule has 0 saturated heterocycles. The number of fused-ring (bicyclic) bond motifs is 1. The zero-order chi connectivity index (χ0) is 35.4. The number of amides is 3. The number of ether oxygens (including phenoxy) is 1. The molecule has 7 nitrogen and oxygen atoms in total. The van der Waals surface area contributed by atoms with Crippen LogP contribution in [0.15, 0.2) is 91.0 Å². The summed E-state index contributed by atoms with van der Waals surface area (Å²) in [6.45, 7) is 11.9. The molecule has 0 saturated carbocycles. The fourth-order valence-corrected chi connectivity index (χ4v) is 6.11. The molecule has 0 aliphatic heterocycles. The Bertz CT molecular complexity index is 1700. The van der Waals surface area contributed by atoms with Gasteiger partial charge in [-0.15, -0.1) is 0 Å². The molecule has 4 aromatic rings. The fourth-order valence-electron chi connectivity index (χ4n) is 6.11. The molecule has 0 bridgehead atoms. The molecule has 3 amide bonds. The van der Waals surface area contributed by atoms with Crippen molar-refractivity contribution in [3.63, 3.8) is 0 Å². The van der Waals surface area contributed by atoms with Crippen LogP contribution in [-0.4, -0.2) is 41.0 Å². The molecule has 2 atom stereocenters. The van der Waals surface area contributed by atoms with E-state index in [2.05, 4.69) is 17.6 Å². The standard InChI is InChI=1S/C42H53N3O4/c1-7-8-9-10-11-17-26-45(40(47)37(28-32-18-13-12-14-19-32)44-41(48)49-42(4,5)6)38(36-27-30(2)22-23-31(36)3)39(46)43-35-25-24-33-20-15-16-21-34(33)29-35/h12-16,18-25,27,29,37-38H,7-11,17,26,28H2,1-6H3,(H,43,46)(H,44,48). The second-order valence-corrected chi connectivity index (χ2v) is 14.0. The molecule has 0 aromatic heterocycles. The summed E-state index contributed by atoms with van der Waals surface area (Å²) in [6, 6.07) is 27.5. The maximum atomic E-state index is 14.9. The molecule has 0 radical (unpaired) electrons. The predicted octanol–water partition coefficient (Wildman–Crippen LogP) is 9.46. The van der Waals surface area contributed by atoms with Crippen LogP contribution in [0.4, 0.5) is 10.5 Å². The summed E-state index contributed by atoms with van der Waals surface area (Å²) in [5.41, 5.74) is 3.45. The topological polar surface area (TPSA) is 87.7 Å². The Balaban J connectivity index is 1.76. The van der Waals surface area contributed by atoms with Gasteiger partial charge in [0.05, 0.1) is 0 Å². The average molecular weight is 664 g/mol. The van der Waals surface area contributed by atoms with Crippen LogP contribution in [0.25, 0.3) is 10.8 Å². The van der Waals surface area contributed by atoms with E-state index < -0.39 is 23.8 Å². The van der Waals surface area contributed by atoms with Crippen molar-refractivity contribution in [3.05, 3.63) is 113 Å². The number of anilines is 1. The largest absolute Gasteiger partial charge is 0.444 e. The van der Waals surface area contributed by atoms with Crippen molar-refractivity contribution in [2.45, 2.75) is 104 Å². The van der Waals surface area contributed by atoms with Crippen molar-refractivity contribution in [3.8, 4) is 0 Å². The summed E-state index contributed by atoms with van der Waals surface area (Å²) >= 11 is 0. The van der Waals surface area contributed by atoms with E-state index in [-0.39, 0.29) is 18.2 Å². The van der Waals surface area contributed by atoms with Crippen LogP contribution in [0, 0.1) is 13.8 Å². The minimum absolute atomic E-state index is 0.248. The van der Waals surface area contributed by atoms with Gasteiger partial charge in [0, 0.05) is 18.7 Å². The van der Waals surface area contributed by atoms with Gasteiger partial charge >= 0.3 is 6.09 Å². The summed E-state index contributed by atoms with van der Waals surface area (Å²) < 4.78 is 5.61. The normalized spacial score (nSPS) is 12.6. The molecule has 2 N–H and O–H groups in total. The van der Waals surface area contributed by atoms with Crippen LogP contribution in [0.5, 0.6) is 0 Å². The van der Waals surface area contributed by atoms with Gasteiger partial charge < -0.3 is 20.3 Å². The highest BCUT2D eigenvalue weighted by Crippen LogP contribution is 2.30. The number of carbonyl (C=O) groups is 3. The number of aryl methyl sites for hydroxylation is 2. The Labute approximate surface area is 292 Å². The van der Waals surface area contributed by atoms with Crippen molar-refractivity contribution < 1.29 is 19.1 Å². The van der Waals surface area contributed by atoms with Crippen LogP contribution >= 0.6 is 0 Å². The van der Waals surface area contributed by atoms with Gasteiger partial charge in [0.25, 0.3) is 5.91 Å². The Morgan fingerprint density at radius 1 is 0.776 bits per heavy atom. The molecule has 0 spiro atoms. The van der Waals surface area contributed by atoms with E-state index >= 15 is 0 Å². The van der Waals surface area contributed by atoms with Crippen molar-refractivity contribution in [1.82, 2.24) is 10.2 Å². The maximum Gasteiger partial charge on any atom is 0.408 e. The molecule has 2 unspecified atom stereocenters. The fraction of sp³-hybridized carbons (Fsp3) is 0.405. The number of hydrogen-bond donors (Lipinski definition) is 2. The zero-order valence-corrected chi connectivity index (χ0v) is 30.1. The number of alkyl carbamates (subject to hydrolysis) is 1. The van der Waals surface area contributed by atoms with Gasteiger partial charge in [-0.3, -0.25) is 9.59 Å². The van der Waals surface area contributed by atoms with Crippen LogP contribution in [0.3, 0.4) is 0 Å². The van der Waals surface area contributed by atoms with Crippen LogP contribution in [0.2, 0.25) is 0 Å². The summed E-state index contributed by atoms with van der Waals surface area (Å²) in [5.74, 6) is -0.637. The molecular weight excluding hydrogens is 610 g/mol. The van der Waals surface area contributed by atoms with Gasteiger partial charge in [0.2, 0.25) is 5.91 Å². The first-order chi connectivity index (χ1) is 23.4. The summed E-state index contributed by atoms with van der Waals surface area (Å²) in [6.07, 6.45) is 5.72. The monoisotopic (exact) mass is 663 g/mol. The maximum absolute atomic E-state index is 14.9. The van der Waals surface area contributed by atoms with E-state index in [1.807, 2.05) is 105 Å². The van der Waals surface area contributed by atoms with Gasteiger partial charge in [-0.2, -0.15) is 0 Å². The first kappa shape index (κ1) is 37.2. The lowest BCUT2D eigenvalue weighted by Gasteiger charge is -2.35. The third kappa shape index (κ3) is 11.2. The summed E-state index contributed by atoms with van der Waals surface area (Å²) in [4.78, 5) is 44.4. The number of nitrogens with zero attached hydrogens (tertiary/aromatic N) is 1. The minimum atomic E-state index is -0.960. The summed E-state index contributed by atoms with van der Waals surface area (Å²) in [5, 5.41) is 8.11. The van der Waals surface area contributed by atoms with Gasteiger partial charge in [0.15, 0.2) is 0 Å². The molecule has 4 rings (SSSR count). The first-order valence-electron chi connectivity index (χ1n) is 17.7. The molecule has 0 fully saturated rings. The van der Waals surface area contributed by atoms with Gasteiger partial charge in [-0.25, -0.2) is 4.79 Å². The number of carbonyl (C=O) groups excluding carboxylic acids is 3.